The summed E-state index contributed by atoms with van der Waals surface area (Å²) in [5.74, 6) is -0.407. The number of halogens is 3. The van der Waals surface area contributed by atoms with Gasteiger partial charge in [-0.2, -0.15) is 0 Å². The van der Waals surface area contributed by atoms with E-state index in [9.17, 15) is 23.1 Å². The maximum absolute atomic E-state index is 12.9. The predicted molar refractivity (Wildman–Crippen MR) is 106 cm³/mol. The molecule has 1 N–H and O–H groups in total. The minimum atomic E-state index is -4.86. The van der Waals surface area contributed by atoms with Crippen molar-refractivity contribution in [1.82, 2.24) is 4.90 Å². The van der Waals surface area contributed by atoms with Crippen molar-refractivity contribution in [2.45, 2.75) is 62.8 Å². The number of piperidine rings is 2. The van der Waals surface area contributed by atoms with Gasteiger partial charge in [-0.15, -0.1) is 13.2 Å². The van der Waals surface area contributed by atoms with Crippen LogP contribution in [0.1, 0.15) is 43.2 Å². The molecule has 31 heavy (non-hydrogen) atoms. The number of rotatable bonds is 4. The van der Waals surface area contributed by atoms with E-state index in [1.54, 1.807) is 11.0 Å². The SMILES string of the molecule is O=C(OCc1ccccc1)N1C2CCCC1CC(O)(c1ccccc1OC(F)(F)F)C2. The first-order valence-electron chi connectivity index (χ1n) is 10.3. The van der Waals surface area contributed by atoms with E-state index in [-0.39, 0.29) is 37.1 Å². The second-order valence-corrected chi connectivity index (χ2v) is 8.17. The highest BCUT2D eigenvalue weighted by Crippen LogP contribution is 2.47. The lowest BCUT2D eigenvalue weighted by molar-refractivity contribution is -0.275. The molecule has 2 aromatic rings. The number of alkyl halides is 3. The molecule has 0 aromatic heterocycles. The van der Waals surface area contributed by atoms with Gasteiger partial charge in [-0.05, 0) is 30.9 Å². The Balaban J connectivity index is 1.52. The van der Waals surface area contributed by atoms with Gasteiger partial charge in [0, 0.05) is 30.5 Å². The minimum absolute atomic E-state index is 0.0986. The van der Waals surface area contributed by atoms with Crippen molar-refractivity contribution in [3.63, 3.8) is 0 Å². The Morgan fingerprint density at radius 3 is 2.29 bits per heavy atom. The van der Waals surface area contributed by atoms with Crippen molar-refractivity contribution in [2.75, 3.05) is 0 Å². The Hall–Kier alpha value is -2.74. The molecule has 2 saturated heterocycles. The highest BCUT2D eigenvalue weighted by Gasteiger charge is 2.50. The molecule has 1 amide bonds. The number of hydrogen-bond acceptors (Lipinski definition) is 4. The fraction of sp³-hybridized carbons (Fsp3) is 0.435. The van der Waals surface area contributed by atoms with Gasteiger partial charge >= 0.3 is 12.5 Å². The molecular formula is C23H24F3NO4. The number of carbonyl (C=O) groups excluding carboxylic acids is 1. The lowest BCUT2D eigenvalue weighted by Crippen LogP contribution is -2.59. The van der Waals surface area contributed by atoms with Gasteiger partial charge in [0.25, 0.3) is 0 Å². The molecule has 0 radical (unpaired) electrons. The molecule has 2 fully saturated rings. The van der Waals surface area contributed by atoms with Gasteiger partial charge in [-0.25, -0.2) is 4.79 Å². The summed E-state index contributed by atoms with van der Waals surface area (Å²) in [6, 6.07) is 14.4. The van der Waals surface area contributed by atoms with Crippen LogP contribution in [-0.4, -0.2) is 34.5 Å². The molecule has 2 atom stereocenters. The summed E-state index contributed by atoms with van der Waals surface area (Å²) in [6.45, 7) is 0.141. The number of benzene rings is 2. The number of amides is 1. The maximum atomic E-state index is 12.9. The standard InChI is InChI=1S/C23H24F3NO4/c24-23(25,26)31-20-12-5-4-11-19(20)22(29)13-17-9-6-10-18(14-22)27(17)21(28)30-15-16-7-2-1-3-8-16/h1-5,7-8,11-12,17-18,29H,6,9-10,13-15H2. The number of fused-ring (bicyclic) bond motifs is 2. The first kappa shape index (κ1) is 21.5. The predicted octanol–water partition coefficient (Wildman–Crippen LogP) is 5.13. The number of aliphatic hydroxyl groups is 1. The number of carbonyl (C=O) groups is 1. The lowest BCUT2D eigenvalue weighted by Gasteiger charge is -2.51. The first-order chi connectivity index (χ1) is 14.8. The Morgan fingerprint density at radius 1 is 1.03 bits per heavy atom. The smallest absolute Gasteiger partial charge is 0.445 e. The van der Waals surface area contributed by atoms with E-state index in [4.69, 9.17) is 4.74 Å². The highest BCUT2D eigenvalue weighted by atomic mass is 19.4. The molecule has 2 heterocycles. The monoisotopic (exact) mass is 435 g/mol. The normalized spacial score (nSPS) is 25.7. The van der Waals surface area contributed by atoms with Crippen LogP contribution in [-0.2, 0) is 16.9 Å². The summed E-state index contributed by atoms with van der Waals surface area (Å²) in [5.41, 5.74) is -0.553. The molecule has 166 valence electrons. The third-order valence-corrected chi connectivity index (χ3v) is 6.04. The molecule has 2 bridgehead atoms. The van der Waals surface area contributed by atoms with Crippen molar-refractivity contribution in [1.29, 1.82) is 0 Å². The van der Waals surface area contributed by atoms with E-state index in [1.807, 2.05) is 30.3 Å². The van der Waals surface area contributed by atoms with Crippen LogP contribution in [0.3, 0.4) is 0 Å². The molecule has 2 aromatic carbocycles. The van der Waals surface area contributed by atoms with Crippen molar-refractivity contribution in [3.05, 3.63) is 65.7 Å². The highest BCUT2D eigenvalue weighted by molar-refractivity contribution is 5.69. The molecule has 5 nitrogen and oxygen atoms in total. The Kier molecular flexibility index (Phi) is 5.83. The zero-order chi connectivity index (χ0) is 22.1. The molecule has 2 aliphatic rings. The maximum Gasteiger partial charge on any atom is 0.573 e. The summed E-state index contributed by atoms with van der Waals surface area (Å²) in [5, 5.41) is 11.4. The van der Waals surface area contributed by atoms with Crippen molar-refractivity contribution < 1.29 is 32.5 Å². The molecule has 4 rings (SSSR count). The Bertz CT molecular complexity index is 905. The van der Waals surface area contributed by atoms with Crippen LogP contribution in [0.4, 0.5) is 18.0 Å². The van der Waals surface area contributed by atoms with Crippen molar-refractivity contribution >= 4 is 6.09 Å². The summed E-state index contributed by atoms with van der Waals surface area (Å²) in [7, 11) is 0. The Labute approximate surface area is 178 Å². The summed E-state index contributed by atoms with van der Waals surface area (Å²) in [4.78, 5) is 14.5. The third kappa shape index (κ3) is 4.79. The zero-order valence-corrected chi connectivity index (χ0v) is 16.8. The number of hydrogen-bond donors (Lipinski definition) is 1. The zero-order valence-electron chi connectivity index (χ0n) is 16.8. The topological polar surface area (TPSA) is 59.0 Å². The van der Waals surface area contributed by atoms with E-state index >= 15 is 0 Å². The van der Waals surface area contributed by atoms with E-state index < -0.39 is 23.8 Å². The third-order valence-electron chi connectivity index (χ3n) is 6.04. The fourth-order valence-electron chi connectivity index (χ4n) is 4.81. The number of nitrogens with zero attached hydrogens (tertiary/aromatic N) is 1. The van der Waals surface area contributed by atoms with Crippen LogP contribution in [0.25, 0.3) is 0 Å². The Morgan fingerprint density at radius 2 is 1.65 bits per heavy atom. The van der Waals surface area contributed by atoms with Crippen molar-refractivity contribution in [3.8, 4) is 5.75 Å². The average Bonchev–Trinajstić information content (AvgIpc) is 2.71. The molecule has 2 aliphatic heterocycles. The number of ether oxygens (including phenoxy) is 2. The average molecular weight is 435 g/mol. The van der Waals surface area contributed by atoms with E-state index in [0.29, 0.717) is 12.8 Å². The summed E-state index contributed by atoms with van der Waals surface area (Å²) < 4.78 is 48.3. The van der Waals surface area contributed by atoms with Gasteiger partial charge in [0.1, 0.15) is 12.4 Å². The van der Waals surface area contributed by atoms with Crippen molar-refractivity contribution in [2.24, 2.45) is 0 Å². The van der Waals surface area contributed by atoms with Gasteiger partial charge in [0.05, 0.1) is 5.60 Å². The molecule has 0 aliphatic carbocycles. The molecule has 2 unspecified atom stereocenters. The van der Waals surface area contributed by atoms with Gasteiger partial charge in [0.15, 0.2) is 0 Å². The summed E-state index contributed by atoms with van der Waals surface area (Å²) >= 11 is 0. The van der Waals surface area contributed by atoms with Gasteiger partial charge in [-0.1, -0.05) is 48.5 Å². The van der Waals surface area contributed by atoms with Gasteiger partial charge < -0.3 is 19.5 Å². The van der Waals surface area contributed by atoms with Gasteiger partial charge in [0.2, 0.25) is 0 Å². The minimum Gasteiger partial charge on any atom is -0.445 e. The van der Waals surface area contributed by atoms with Crippen LogP contribution in [0.5, 0.6) is 5.75 Å². The molecule has 8 heteroatoms. The van der Waals surface area contributed by atoms with E-state index in [2.05, 4.69) is 4.74 Å². The lowest BCUT2D eigenvalue weighted by atomic mass is 9.72. The van der Waals surface area contributed by atoms with Gasteiger partial charge in [-0.3, -0.25) is 0 Å². The largest absolute Gasteiger partial charge is 0.573 e. The van der Waals surface area contributed by atoms with Crippen LogP contribution in [0.15, 0.2) is 54.6 Å². The molecular weight excluding hydrogens is 411 g/mol. The number of para-hydroxylation sites is 1. The summed E-state index contributed by atoms with van der Waals surface area (Å²) in [6.07, 6.45) is -2.87. The van der Waals surface area contributed by atoms with Crippen LogP contribution < -0.4 is 4.74 Å². The van der Waals surface area contributed by atoms with E-state index in [0.717, 1.165) is 12.0 Å². The van der Waals surface area contributed by atoms with E-state index in [1.165, 1.54) is 18.2 Å². The fourth-order valence-corrected chi connectivity index (χ4v) is 4.81. The van der Waals surface area contributed by atoms with Crippen LogP contribution in [0, 0.1) is 0 Å². The van der Waals surface area contributed by atoms with Crippen LogP contribution >= 0.6 is 0 Å². The quantitative estimate of drug-likeness (QED) is 0.724. The second kappa shape index (κ2) is 8.42. The molecule has 0 saturated carbocycles. The van der Waals surface area contributed by atoms with Crippen LogP contribution in [0.2, 0.25) is 0 Å². The molecule has 0 spiro atoms. The first-order valence-corrected chi connectivity index (χ1v) is 10.3. The second-order valence-electron chi connectivity index (χ2n) is 8.17.